The summed E-state index contributed by atoms with van der Waals surface area (Å²) in [4.78, 5) is 25.5. The highest BCUT2D eigenvalue weighted by Gasteiger charge is 2.33. The Balaban J connectivity index is 1.60. The standard InChI is InChI=1S/C15H23N3O3S/c1-16-14(19)13-6-2-8-18(13)15(20)17-7-4-10-22-11-12-5-3-9-21-12/h3,5,9,13H,2,4,6-8,10-11H2,1H3,(H,16,19)(H,17,20). The molecule has 0 spiro atoms. The number of rotatable bonds is 7. The SMILES string of the molecule is CNC(=O)C1CCCN1C(=O)NCCCSCc1ccco1. The van der Waals surface area contributed by atoms with Crippen molar-refractivity contribution in [1.29, 1.82) is 0 Å². The molecule has 22 heavy (non-hydrogen) atoms. The number of nitrogens with zero attached hydrogens (tertiary/aromatic N) is 1. The number of likely N-dealkylation sites (tertiary alicyclic amines) is 1. The van der Waals surface area contributed by atoms with Crippen molar-refractivity contribution < 1.29 is 14.0 Å². The summed E-state index contributed by atoms with van der Waals surface area (Å²) in [6.07, 6.45) is 4.20. The van der Waals surface area contributed by atoms with E-state index in [1.807, 2.05) is 12.1 Å². The first-order valence-corrected chi connectivity index (χ1v) is 8.74. The third-order valence-electron chi connectivity index (χ3n) is 3.63. The first-order chi connectivity index (χ1) is 10.7. The highest BCUT2D eigenvalue weighted by atomic mass is 32.2. The number of urea groups is 1. The van der Waals surface area contributed by atoms with Gasteiger partial charge in [-0.1, -0.05) is 0 Å². The van der Waals surface area contributed by atoms with Crippen molar-refractivity contribution >= 4 is 23.7 Å². The van der Waals surface area contributed by atoms with E-state index in [0.717, 1.165) is 36.5 Å². The summed E-state index contributed by atoms with van der Waals surface area (Å²) in [7, 11) is 1.60. The molecule has 2 heterocycles. The normalized spacial score (nSPS) is 17.5. The summed E-state index contributed by atoms with van der Waals surface area (Å²) in [5, 5.41) is 5.51. The number of thioether (sulfide) groups is 1. The lowest BCUT2D eigenvalue weighted by Crippen LogP contribution is -2.49. The van der Waals surface area contributed by atoms with E-state index in [1.54, 1.807) is 30.0 Å². The number of likely N-dealkylation sites (N-methyl/N-ethyl adjacent to an activating group) is 1. The van der Waals surface area contributed by atoms with Crippen LogP contribution in [0.5, 0.6) is 0 Å². The molecule has 1 atom stereocenters. The van der Waals surface area contributed by atoms with Gasteiger partial charge in [0.1, 0.15) is 11.8 Å². The molecule has 1 unspecified atom stereocenters. The zero-order valence-corrected chi connectivity index (χ0v) is 13.7. The Hall–Kier alpha value is -1.63. The Morgan fingerprint density at radius 3 is 3.09 bits per heavy atom. The lowest BCUT2D eigenvalue weighted by atomic mass is 10.2. The zero-order chi connectivity index (χ0) is 15.8. The number of carbonyl (C=O) groups excluding carboxylic acids is 2. The van der Waals surface area contributed by atoms with E-state index in [4.69, 9.17) is 4.42 Å². The Morgan fingerprint density at radius 2 is 2.36 bits per heavy atom. The van der Waals surface area contributed by atoms with E-state index in [0.29, 0.717) is 13.1 Å². The number of nitrogens with one attached hydrogen (secondary N) is 2. The fraction of sp³-hybridized carbons (Fsp3) is 0.600. The van der Waals surface area contributed by atoms with Gasteiger partial charge < -0.3 is 20.0 Å². The van der Waals surface area contributed by atoms with Crippen LogP contribution in [0.3, 0.4) is 0 Å². The van der Waals surface area contributed by atoms with Crippen molar-refractivity contribution in [2.24, 2.45) is 0 Å². The molecule has 122 valence electrons. The Morgan fingerprint density at radius 1 is 1.50 bits per heavy atom. The molecule has 2 rings (SSSR count). The molecule has 0 radical (unpaired) electrons. The lowest BCUT2D eigenvalue weighted by Gasteiger charge is -2.23. The third-order valence-corrected chi connectivity index (χ3v) is 4.69. The van der Waals surface area contributed by atoms with Gasteiger partial charge in [0, 0.05) is 20.1 Å². The van der Waals surface area contributed by atoms with Crippen LogP contribution in [0.15, 0.2) is 22.8 Å². The van der Waals surface area contributed by atoms with Crippen molar-refractivity contribution in [2.75, 3.05) is 25.9 Å². The van der Waals surface area contributed by atoms with Gasteiger partial charge in [0.25, 0.3) is 0 Å². The first-order valence-electron chi connectivity index (χ1n) is 7.58. The zero-order valence-electron chi connectivity index (χ0n) is 12.8. The summed E-state index contributed by atoms with van der Waals surface area (Å²) in [6, 6.07) is 3.39. The first kappa shape index (κ1) is 16.7. The van der Waals surface area contributed by atoms with Crippen LogP contribution in [-0.4, -0.2) is 48.8 Å². The second-order valence-electron chi connectivity index (χ2n) is 5.18. The largest absolute Gasteiger partial charge is 0.468 e. The average molecular weight is 325 g/mol. The molecule has 3 amide bonds. The minimum Gasteiger partial charge on any atom is -0.468 e. The van der Waals surface area contributed by atoms with Crippen LogP contribution in [0, 0.1) is 0 Å². The van der Waals surface area contributed by atoms with Crippen LogP contribution >= 0.6 is 11.8 Å². The second-order valence-corrected chi connectivity index (χ2v) is 6.29. The van der Waals surface area contributed by atoms with Crippen LogP contribution < -0.4 is 10.6 Å². The summed E-state index contributed by atoms with van der Waals surface area (Å²) in [6.45, 7) is 1.28. The highest BCUT2D eigenvalue weighted by molar-refractivity contribution is 7.98. The molecule has 0 bridgehead atoms. The van der Waals surface area contributed by atoms with E-state index in [1.165, 1.54) is 0 Å². The summed E-state index contributed by atoms with van der Waals surface area (Å²) in [5.41, 5.74) is 0. The minimum absolute atomic E-state index is 0.0818. The van der Waals surface area contributed by atoms with E-state index >= 15 is 0 Å². The average Bonchev–Trinajstić information content (AvgIpc) is 3.20. The Kier molecular flexibility index (Phi) is 6.64. The highest BCUT2D eigenvalue weighted by Crippen LogP contribution is 2.17. The van der Waals surface area contributed by atoms with Crippen LogP contribution in [0.1, 0.15) is 25.0 Å². The van der Waals surface area contributed by atoms with E-state index in [2.05, 4.69) is 10.6 Å². The van der Waals surface area contributed by atoms with Gasteiger partial charge in [-0.15, -0.1) is 0 Å². The molecule has 1 aromatic rings. The maximum Gasteiger partial charge on any atom is 0.318 e. The van der Waals surface area contributed by atoms with E-state index < -0.39 is 0 Å². The van der Waals surface area contributed by atoms with Crippen LogP contribution in [0.2, 0.25) is 0 Å². The summed E-state index contributed by atoms with van der Waals surface area (Å²) in [5.74, 6) is 2.70. The molecule has 2 N–H and O–H groups in total. The maximum atomic E-state index is 12.1. The van der Waals surface area contributed by atoms with Gasteiger partial charge in [0.15, 0.2) is 0 Å². The van der Waals surface area contributed by atoms with Crippen molar-refractivity contribution in [1.82, 2.24) is 15.5 Å². The second kappa shape index (κ2) is 8.73. The lowest BCUT2D eigenvalue weighted by molar-refractivity contribution is -0.124. The van der Waals surface area contributed by atoms with E-state index in [9.17, 15) is 9.59 Å². The molecule has 1 fully saturated rings. The molecule has 6 nitrogen and oxygen atoms in total. The molecular formula is C15H23N3O3S. The van der Waals surface area contributed by atoms with Crippen LogP contribution in [-0.2, 0) is 10.5 Å². The van der Waals surface area contributed by atoms with Gasteiger partial charge in [0.05, 0.1) is 12.0 Å². The van der Waals surface area contributed by atoms with Gasteiger partial charge in [-0.05, 0) is 37.1 Å². The van der Waals surface area contributed by atoms with Gasteiger partial charge in [-0.25, -0.2) is 4.79 Å². The molecule has 1 aliphatic rings. The molecule has 0 aromatic carbocycles. The number of hydrogen-bond acceptors (Lipinski definition) is 4. The molecule has 1 saturated heterocycles. The van der Waals surface area contributed by atoms with Crippen molar-refractivity contribution in [3.63, 3.8) is 0 Å². The Bertz CT molecular complexity index is 478. The molecule has 0 saturated carbocycles. The monoisotopic (exact) mass is 325 g/mol. The fourth-order valence-electron chi connectivity index (χ4n) is 2.49. The van der Waals surface area contributed by atoms with Crippen LogP contribution in [0.4, 0.5) is 4.79 Å². The Labute approximate surface area is 135 Å². The number of furan rings is 1. The quantitative estimate of drug-likeness (QED) is 0.750. The predicted octanol–water partition coefficient (Wildman–Crippen LogP) is 1.82. The fourth-order valence-corrected chi connectivity index (χ4v) is 3.35. The summed E-state index contributed by atoms with van der Waals surface area (Å²) >= 11 is 1.78. The molecule has 1 aliphatic heterocycles. The van der Waals surface area contributed by atoms with Gasteiger partial charge in [0.2, 0.25) is 5.91 Å². The van der Waals surface area contributed by atoms with Crippen molar-refractivity contribution in [2.45, 2.75) is 31.1 Å². The van der Waals surface area contributed by atoms with Gasteiger partial charge in [-0.3, -0.25) is 4.79 Å². The number of hydrogen-bond donors (Lipinski definition) is 2. The topological polar surface area (TPSA) is 74.6 Å². The maximum absolute atomic E-state index is 12.1. The van der Waals surface area contributed by atoms with Crippen molar-refractivity contribution in [3.8, 4) is 0 Å². The molecule has 1 aromatic heterocycles. The molecule has 0 aliphatic carbocycles. The number of carbonyl (C=O) groups is 2. The minimum atomic E-state index is -0.321. The third kappa shape index (κ3) is 4.69. The smallest absolute Gasteiger partial charge is 0.318 e. The number of amides is 3. The van der Waals surface area contributed by atoms with Gasteiger partial charge in [-0.2, -0.15) is 11.8 Å². The summed E-state index contributed by atoms with van der Waals surface area (Å²) < 4.78 is 5.26. The van der Waals surface area contributed by atoms with E-state index in [-0.39, 0.29) is 18.0 Å². The van der Waals surface area contributed by atoms with Crippen molar-refractivity contribution in [3.05, 3.63) is 24.2 Å². The predicted molar refractivity (Wildman–Crippen MR) is 86.7 cm³/mol. The molecule has 7 heteroatoms. The van der Waals surface area contributed by atoms with Gasteiger partial charge >= 0.3 is 6.03 Å². The van der Waals surface area contributed by atoms with Crippen LogP contribution in [0.25, 0.3) is 0 Å². The molecular weight excluding hydrogens is 302 g/mol.